The number of carbonyl (C=O) groups is 1. The number of ether oxygens (including phenoxy) is 1. The van der Waals surface area contributed by atoms with Crippen LogP contribution in [0.15, 0.2) is 0 Å². The first-order valence-electron chi connectivity index (χ1n) is 7.34. The van der Waals surface area contributed by atoms with Crippen LogP contribution in [0.3, 0.4) is 0 Å². The normalized spacial score (nSPS) is 26.7. The van der Waals surface area contributed by atoms with Crippen LogP contribution in [0.4, 0.5) is 0 Å². The highest BCUT2D eigenvalue weighted by Gasteiger charge is 2.34. The van der Waals surface area contributed by atoms with Crippen molar-refractivity contribution in [3.63, 3.8) is 0 Å². The van der Waals surface area contributed by atoms with Crippen molar-refractivity contribution in [2.45, 2.75) is 43.7 Å². The Bertz CT molecular complexity index is 374. The number of hydrogen-bond donors (Lipinski definition) is 2. The molecule has 1 aliphatic carbocycles. The summed E-state index contributed by atoms with van der Waals surface area (Å²) in [5.41, 5.74) is -0.684. The summed E-state index contributed by atoms with van der Waals surface area (Å²) in [7, 11) is 0. The number of nitrogens with one attached hydrogen (secondary N) is 1. The molecule has 1 unspecified atom stereocenters. The standard InChI is InChI=1S/C14H23N3O3/c15-11-14(4-2-1-3-5-14)16-13(19)8-17-6-7-20-10-12(17)9-18/h12,18H,1-10H2,(H,16,19). The molecule has 1 atom stereocenters. The van der Waals surface area contributed by atoms with Crippen LogP contribution in [0.2, 0.25) is 0 Å². The van der Waals surface area contributed by atoms with Crippen molar-refractivity contribution in [1.29, 1.82) is 5.26 Å². The van der Waals surface area contributed by atoms with Gasteiger partial charge in [0.1, 0.15) is 5.54 Å². The Hall–Kier alpha value is -1.16. The molecule has 0 bridgehead atoms. The van der Waals surface area contributed by atoms with Crippen molar-refractivity contribution in [2.24, 2.45) is 0 Å². The van der Waals surface area contributed by atoms with Crippen LogP contribution in [0.25, 0.3) is 0 Å². The van der Waals surface area contributed by atoms with E-state index in [-0.39, 0.29) is 25.1 Å². The largest absolute Gasteiger partial charge is 0.395 e. The maximum absolute atomic E-state index is 12.2. The molecule has 20 heavy (non-hydrogen) atoms. The van der Waals surface area contributed by atoms with Crippen molar-refractivity contribution in [3.8, 4) is 6.07 Å². The van der Waals surface area contributed by atoms with Gasteiger partial charge in [-0.3, -0.25) is 9.69 Å². The Kier molecular flexibility index (Phi) is 5.35. The molecule has 0 spiro atoms. The SMILES string of the molecule is N#CC1(NC(=O)CN2CCOCC2CO)CCCCC1. The molecule has 1 saturated heterocycles. The van der Waals surface area contributed by atoms with Gasteiger partial charge in [-0.1, -0.05) is 19.3 Å². The number of morpholine rings is 1. The first-order valence-corrected chi connectivity index (χ1v) is 7.34. The minimum Gasteiger partial charge on any atom is -0.395 e. The molecule has 2 N–H and O–H groups in total. The summed E-state index contributed by atoms with van der Waals surface area (Å²) in [5, 5.41) is 21.6. The quantitative estimate of drug-likeness (QED) is 0.759. The average molecular weight is 281 g/mol. The number of nitriles is 1. The predicted octanol–water partition coefficient (Wildman–Crippen LogP) is 0.0222. The van der Waals surface area contributed by atoms with Crippen molar-refractivity contribution in [2.75, 3.05) is 32.9 Å². The molecule has 1 saturated carbocycles. The van der Waals surface area contributed by atoms with E-state index >= 15 is 0 Å². The van der Waals surface area contributed by atoms with Gasteiger partial charge in [-0.2, -0.15) is 5.26 Å². The van der Waals surface area contributed by atoms with Crippen molar-refractivity contribution in [1.82, 2.24) is 10.2 Å². The summed E-state index contributed by atoms with van der Waals surface area (Å²) >= 11 is 0. The first-order chi connectivity index (χ1) is 9.69. The van der Waals surface area contributed by atoms with E-state index in [2.05, 4.69) is 11.4 Å². The zero-order valence-corrected chi connectivity index (χ0v) is 11.8. The Morgan fingerprint density at radius 1 is 1.45 bits per heavy atom. The second-order valence-corrected chi connectivity index (χ2v) is 5.68. The van der Waals surface area contributed by atoms with Crippen molar-refractivity contribution >= 4 is 5.91 Å². The van der Waals surface area contributed by atoms with Gasteiger partial charge in [-0.15, -0.1) is 0 Å². The monoisotopic (exact) mass is 281 g/mol. The zero-order valence-electron chi connectivity index (χ0n) is 11.8. The number of hydrogen-bond acceptors (Lipinski definition) is 5. The highest BCUT2D eigenvalue weighted by molar-refractivity contribution is 5.79. The van der Waals surface area contributed by atoms with E-state index in [0.717, 1.165) is 32.1 Å². The topological polar surface area (TPSA) is 85.6 Å². The van der Waals surface area contributed by atoms with Gasteiger partial charge in [-0.05, 0) is 12.8 Å². The molecule has 6 heteroatoms. The van der Waals surface area contributed by atoms with Crippen LogP contribution in [0, 0.1) is 11.3 Å². The Balaban J connectivity index is 1.89. The van der Waals surface area contributed by atoms with E-state index in [0.29, 0.717) is 19.8 Å². The molecule has 1 amide bonds. The molecule has 0 aromatic rings. The average Bonchev–Trinajstić information content (AvgIpc) is 2.48. The molecule has 2 fully saturated rings. The number of aliphatic hydroxyl groups excluding tert-OH is 1. The number of carbonyl (C=O) groups excluding carboxylic acids is 1. The smallest absolute Gasteiger partial charge is 0.235 e. The van der Waals surface area contributed by atoms with Gasteiger partial charge >= 0.3 is 0 Å². The van der Waals surface area contributed by atoms with Crippen molar-refractivity contribution in [3.05, 3.63) is 0 Å². The fraction of sp³-hybridized carbons (Fsp3) is 0.857. The molecular weight excluding hydrogens is 258 g/mol. The molecule has 1 aliphatic heterocycles. The molecule has 0 radical (unpaired) electrons. The fourth-order valence-electron chi connectivity index (χ4n) is 2.98. The van der Waals surface area contributed by atoms with Crippen LogP contribution >= 0.6 is 0 Å². The lowest BCUT2D eigenvalue weighted by molar-refractivity contribution is -0.126. The van der Waals surface area contributed by atoms with Gasteiger partial charge < -0.3 is 15.2 Å². The van der Waals surface area contributed by atoms with E-state index in [1.165, 1.54) is 0 Å². The number of aliphatic hydroxyl groups is 1. The number of nitrogens with zero attached hydrogens (tertiary/aromatic N) is 2. The van der Waals surface area contributed by atoms with Gasteiger partial charge in [0.2, 0.25) is 5.91 Å². The van der Waals surface area contributed by atoms with Gasteiger partial charge in [0.05, 0.1) is 38.5 Å². The van der Waals surface area contributed by atoms with Gasteiger partial charge in [0.15, 0.2) is 0 Å². The molecule has 112 valence electrons. The summed E-state index contributed by atoms with van der Waals surface area (Å²) in [6, 6.07) is 2.16. The van der Waals surface area contributed by atoms with Crippen LogP contribution in [-0.4, -0.2) is 60.4 Å². The molecule has 0 aromatic heterocycles. The van der Waals surface area contributed by atoms with E-state index in [9.17, 15) is 15.2 Å². The maximum atomic E-state index is 12.2. The van der Waals surface area contributed by atoms with Crippen molar-refractivity contribution < 1.29 is 14.6 Å². The summed E-state index contributed by atoms with van der Waals surface area (Å²) in [4.78, 5) is 14.1. The minimum absolute atomic E-state index is 0.0172. The Labute approximate surface area is 119 Å². The molecule has 1 heterocycles. The summed E-state index contributed by atoms with van der Waals surface area (Å²) in [6.45, 7) is 1.87. The highest BCUT2D eigenvalue weighted by atomic mass is 16.5. The minimum atomic E-state index is -0.684. The van der Waals surface area contributed by atoms with Gasteiger partial charge in [0, 0.05) is 6.54 Å². The number of amides is 1. The van der Waals surface area contributed by atoms with Gasteiger partial charge in [0.25, 0.3) is 0 Å². The lowest BCUT2D eigenvalue weighted by Gasteiger charge is -2.36. The maximum Gasteiger partial charge on any atom is 0.235 e. The third-order valence-corrected chi connectivity index (χ3v) is 4.21. The molecule has 6 nitrogen and oxygen atoms in total. The van der Waals surface area contributed by atoms with Gasteiger partial charge in [-0.25, -0.2) is 0 Å². The third kappa shape index (κ3) is 3.69. The van der Waals surface area contributed by atoms with Crippen LogP contribution in [0.1, 0.15) is 32.1 Å². The summed E-state index contributed by atoms with van der Waals surface area (Å²) in [5.74, 6) is -0.131. The van der Waals surface area contributed by atoms with Crippen LogP contribution < -0.4 is 5.32 Å². The Morgan fingerprint density at radius 2 is 2.20 bits per heavy atom. The van der Waals surface area contributed by atoms with E-state index < -0.39 is 5.54 Å². The fourth-order valence-corrected chi connectivity index (χ4v) is 2.98. The second-order valence-electron chi connectivity index (χ2n) is 5.68. The number of rotatable bonds is 4. The zero-order chi connectivity index (χ0) is 14.4. The van der Waals surface area contributed by atoms with E-state index in [4.69, 9.17) is 4.74 Å². The molecule has 2 rings (SSSR count). The van der Waals surface area contributed by atoms with E-state index in [1.54, 1.807) is 0 Å². The Morgan fingerprint density at radius 3 is 2.85 bits per heavy atom. The van der Waals surface area contributed by atoms with Crippen LogP contribution in [-0.2, 0) is 9.53 Å². The lowest BCUT2D eigenvalue weighted by Crippen LogP contribution is -2.55. The van der Waals surface area contributed by atoms with Crippen LogP contribution in [0.5, 0.6) is 0 Å². The predicted molar refractivity (Wildman–Crippen MR) is 72.8 cm³/mol. The summed E-state index contributed by atoms with van der Waals surface area (Å²) < 4.78 is 5.29. The highest BCUT2D eigenvalue weighted by Crippen LogP contribution is 2.27. The molecule has 2 aliphatic rings. The third-order valence-electron chi connectivity index (χ3n) is 4.21. The molecule has 0 aromatic carbocycles. The summed E-state index contributed by atoms with van der Waals surface area (Å²) in [6.07, 6.45) is 4.59. The first kappa shape index (κ1) is 15.2. The molecular formula is C14H23N3O3. The lowest BCUT2D eigenvalue weighted by atomic mass is 9.83. The second kappa shape index (κ2) is 7.02. The van der Waals surface area contributed by atoms with E-state index in [1.807, 2.05) is 4.90 Å².